The van der Waals surface area contributed by atoms with Gasteiger partial charge >= 0.3 is 0 Å². The van der Waals surface area contributed by atoms with E-state index in [1.165, 1.54) is 22.5 Å². The van der Waals surface area contributed by atoms with Crippen molar-refractivity contribution in [3.05, 3.63) is 56.7 Å². The van der Waals surface area contributed by atoms with Crippen LogP contribution in [0.1, 0.15) is 33.6 Å². The fraction of sp³-hybridized carbons (Fsp3) is 0.294. The molecule has 0 fully saturated rings. The van der Waals surface area contributed by atoms with Crippen LogP contribution in [0.5, 0.6) is 0 Å². The summed E-state index contributed by atoms with van der Waals surface area (Å²) in [5.41, 5.74) is 2.45. The van der Waals surface area contributed by atoms with Crippen molar-refractivity contribution in [3.8, 4) is 0 Å². The van der Waals surface area contributed by atoms with E-state index >= 15 is 0 Å². The molecule has 0 unspecified atom stereocenters. The van der Waals surface area contributed by atoms with E-state index in [2.05, 4.69) is 24.4 Å². The highest BCUT2D eigenvalue weighted by Gasteiger charge is 2.11. The number of benzene rings is 1. The molecule has 0 aliphatic carbocycles. The number of aryl methyl sites for hydroxylation is 1. The molecule has 2 aromatic rings. The van der Waals surface area contributed by atoms with Crippen molar-refractivity contribution in [3.63, 3.8) is 0 Å². The van der Waals surface area contributed by atoms with Crippen molar-refractivity contribution in [1.82, 2.24) is 5.32 Å². The van der Waals surface area contributed by atoms with Crippen LogP contribution in [-0.2, 0) is 11.2 Å². The highest BCUT2D eigenvalue weighted by molar-refractivity contribution is 7.18. The minimum Gasteiger partial charge on any atom is -0.356 e. The number of thiophene rings is 1. The summed E-state index contributed by atoms with van der Waals surface area (Å²) in [6.45, 7) is 2.64. The van der Waals surface area contributed by atoms with Gasteiger partial charge in [0.25, 0.3) is 0 Å². The lowest BCUT2D eigenvalue weighted by Gasteiger charge is -2.07. The van der Waals surface area contributed by atoms with Gasteiger partial charge in [0.15, 0.2) is 5.78 Å². The van der Waals surface area contributed by atoms with E-state index in [1.807, 2.05) is 12.1 Å². The smallest absolute Gasteiger partial charge is 0.220 e. The normalized spacial score (nSPS) is 10.5. The van der Waals surface area contributed by atoms with Crippen molar-refractivity contribution in [2.45, 2.75) is 26.2 Å². The summed E-state index contributed by atoms with van der Waals surface area (Å²) in [6, 6.07) is 11.5. The summed E-state index contributed by atoms with van der Waals surface area (Å²) in [7, 11) is 0. The zero-order valence-electron chi connectivity index (χ0n) is 12.4. The first-order valence-electron chi connectivity index (χ1n) is 7.16. The van der Waals surface area contributed by atoms with E-state index in [1.54, 1.807) is 12.1 Å². The van der Waals surface area contributed by atoms with Gasteiger partial charge in [-0.3, -0.25) is 9.59 Å². The molecule has 0 bridgehead atoms. The summed E-state index contributed by atoms with van der Waals surface area (Å²) in [5.74, 6) is -0.129. The fourth-order valence-corrected chi connectivity index (χ4v) is 3.14. The van der Waals surface area contributed by atoms with Crippen molar-refractivity contribution in [2.24, 2.45) is 0 Å². The van der Waals surface area contributed by atoms with Gasteiger partial charge in [-0.05, 0) is 36.6 Å². The highest BCUT2D eigenvalue weighted by Crippen LogP contribution is 2.22. The molecule has 116 valence electrons. The van der Waals surface area contributed by atoms with E-state index in [9.17, 15) is 9.59 Å². The highest BCUT2D eigenvalue weighted by atomic mass is 35.5. The second kappa shape index (κ2) is 8.11. The van der Waals surface area contributed by atoms with Crippen LogP contribution >= 0.6 is 22.9 Å². The van der Waals surface area contributed by atoms with Gasteiger partial charge in [0.1, 0.15) is 0 Å². The number of halogens is 1. The molecule has 1 aromatic carbocycles. The van der Waals surface area contributed by atoms with Gasteiger partial charge in [0.05, 0.1) is 9.21 Å². The van der Waals surface area contributed by atoms with Crippen molar-refractivity contribution in [2.75, 3.05) is 6.54 Å². The maximum absolute atomic E-state index is 11.9. The van der Waals surface area contributed by atoms with E-state index in [-0.39, 0.29) is 24.5 Å². The van der Waals surface area contributed by atoms with Crippen LogP contribution in [-0.4, -0.2) is 18.2 Å². The van der Waals surface area contributed by atoms with Crippen LogP contribution < -0.4 is 5.32 Å². The maximum Gasteiger partial charge on any atom is 0.220 e. The van der Waals surface area contributed by atoms with Crippen molar-refractivity contribution >= 4 is 34.6 Å². The number of carbonyl (C=O) groups excluding carboxylic acids is 2. The number of ketones is 1. The standard InChI is InChI=1S/C17H18ClNO2S/c1-12-4-2-3-5-13(12)10-11-19-17(21)9-6-14(20)15-7-8-16(18)22-15/h2-5,7-8H,6,9-11H2,1H3,(H,19,21). The Bertz CT molecular complexity index is 666. The van der Waals surface area contributed by atoms with Crippen LogP contribution in [0.15, 0.2) is 36.4 Å². The Hall–Kier alpha value is -1.65. The zero-order valence-corrected chi connectivity index (χ0v) is 14.0. The molecule has 22 heavy (non-hydrogen) atoms. The van der Waals surface area contributed by atoms with Crippen LogP contribution in [0.25, 0.3) is 0 Å². The third kappa shape index (κ3) is 4.97. The quantitative estimate of drug-likeness (QED) is 0.776. The molecule has 1 heterocycles. The van der Waals surface area contributed by atoms with Crippen LogP contribution in [0.2, 0.25) is 4.34 Å². The molecule has 0 aliphatic heterocycles. The van der Waals surface area contributed by atoms with E-state index in [0.29, 0.717) is 15.8 Å². The molecule has 2 rings (SSSR count). The van der Waals surface area contributed by atoms with E-state index in [4.69, 9.17) is 11.6 Å². The summed E-state index contributed by atoms with van der Waals surface area (Å²) in [6.07, 6.45) is 1.22. The third-order valence-electron chi connectivity index (χ3n) is 3.40. The lowest BCUT2D eigenvalue weighted by atomic mass is 10.1. The predicted octanol–water partition coefficient (Wildman–Crippen LogP) is 4.03. The predicted molar refractivity (Wildman–Crippen MR) is 90.8 cm³/mol. The molecule has 0 radical (unpaired) electrons. The Balaban J connectivity index is 1.70. The Morgan fingerprint density at radius 1 is 1.14 bits per heavy atom. The Kier molecular flexibility index (Phi) is 6.16. The number of Topliss-reactive ketones (excluding diaryl/α,β-unsaturated/α-hetero) is 1. The largest absolute Gasteiger partial charge is 0.356 e. The number of hydrogen-bond donors (Lipinski definition) is 1. The SMILES string of the molecule is Cc1ccccc1CCNC(=O)CCC(=O)c1ccc(Cl)s1. The molecule has 3 nitrogen and oxygen atoms in total. The summed E-state index contributed by atoms with van der Waals surface area (Å²) in [4.78, 5) is 24.3. The second-order valence-electron chi connectivity index (χ2n) is 5.05. The van der Waals surface area contributed by atoms with Gasteiger partial charge in [-0.25, -0.2) is 0 Å². The summed E-state index contributed by atoms with van der Waals surface area (Å²) >= 11 is 7.04. The monoisotopic (exact) mass is 335 g/mol. The van der Waals surface area contributed by atoms with Gasteiger partial charge in [-0.15, -0.1) is 11.3 Å². The Morgan fingerprint density at radius 2 is 1.91 bits per heavy atom. The lowest BCUT2D eigenvalue weighted by Crippen LogP contribution is -2.26. The molecule has 0 atom stereocenters. The van der Waals surface area contributed by atoms with E-state index in [0.717, 1.165) is 6.42 Å². The molecule has 5 heteroatoms. The minimum atomic E-state index is -0.0930. The van der Waals surface area contributed by atoms with E-state index < -0.39 is 0 Å². The fourth-order valence-electron chi connectivity index (χ4n) is 2.13. The summed E-state index contributed by atoms with van der Waals surface area (Å²) < 4.78 is 0.589. The molecular weight excluding hydrogens is 318 g/mol. The molecule has 0 saturated carbocycles. The number of amides is 1. The molecule has 0 aliphatic rings. The zero-order chi connectivity index (χ0) is 15.9. The lowest BCUT2D eigenvalue weighted by molar-refractivity contribution is -0.121. The summed E-state index contributed by atoms with van der Waals surface area (Å²) in [5, 5.41) is 2.86. The van der Waals surface area contributed by atoms with Gasteiger partial charge in [-0.1, -0.05) is 35.9 Å². The Morgan fingerprint density at radius 3 is 2.59 bits per heavy atom. The second-order valence-corrected chi connectivity index (χ2v) is 6.77. The number of hydrogen-bond acceptors (Lipinski definition) is 3. The number of nitrogens with one attached hydrogen (secondary N) is 1. The molecule has 0 saturated heterocycles. The maximum atomic E-state index is 11.9. The minimum absolute atomic E-state index is 0.0362. The average Bonchev–Trinajstić information content (AvgIpc) is 2.93. The van der Waals surface area contributed by atoms with Crippen molar-refractivity contribution < 1.29 is 9.59 Å². The van der Waals surface area contributed by atoms with Gasteiger partial charge in [0.2, 0.25) is 5.91 Å². The first-order valence-corrected chi connectivity index (χ1v) is 8.35. The molecule has 0 spiro atoms. The van der Waals surface area contributed by atoms with Gasteiger partial charge < -0.3 is 5.32 Å². The number of rotatable bonds is 7. The van der Waals surface area contributed by atoms with Crippen molar-refractivity contribution in [1.29, 1.82) is 0 Å². The molecule has 1 N–H and O–H groups in total. The third-order valence-corrected chi connectivity index (χ3v) is 4.68. The average molecular weight is 336 g/mol. The first-order chi connectivity index (χ1) is 10.6. The first kappa shape index (κ1) is 16.7. The topological polar surface area (TPSA) is 46.2 Å². The van der Waals surface area contributed by atoms with Crippen LogP contribution in [0, 0.1) is 6.92 Å². The number of carbonyl (C=O) groups is 2. The van der Waals surface area contributed by atoms with Crippen LogP contribution in [0.3, 0.4) is 0 Å². The molecule has 1 amide bonds. The van der Waals surface area contributed by atoms with Gasteiger partial charge in [-0.2, -0.15) is 0 Å². The van der Waals surface area contributed by atoms with Crippen LogP contribution in [0.4, 0.5) is 0 Å². The molecular formula is C17H18ClNO2S. The van der Waals surface area contributed by atoms with Gasteiger partial charge in [0, 0.05) is 19.4 Å². The Labute approximate surface area is 139 Å². The molecule has 1 aromatic heterocycles.